The van der Waals surface area contributed by atoms with Crippen LogP contribution in [0.25, 0.3) is 11.1 Å². The monoisotopic (exact) mass is 260 g/mol. The van der Waals surface area contributed by atoms with E-state index >= 15 is 0 Å². The molecule has 0 amide bonds. The maximum Gasteiger partial charge on any atom is 0.647 e. The molecule has 0 saturated heterocycles. The van der Waals surface area contributed by atoms with Crippen LogP contribution in [-0.4, -0.2) is 0 Å². The predicted molar refractivity (Wildman–Crippen MR) is 66.1 cm³/mol. The molecule has 0 saturated carbocycles. The van der Waals surface area contributed by atoms with Gasteiger partial charge in [0.25, 0.3) is 0 Å². The van der Waals surface area contributed by atoms with Crippen molar-refractivity contribution in [2.75, 3.05) is 0 Å². The fourth-order valence-corrected chi connectivity index (χ4v) is 3.62. The minimum absolute atomic E-state index is 0.468. The molecule has 0 aromatic heterocycles. The molecule has 0 fully saturated rings. The van der Waals surface area contributed by atoms with Gasteiger partial charge in [0.1, 0.15) is 0 Å². The highest BCUT2D eigenvalue weighted by Crippen LogP contribution is 2.70. The van der Waals surface area contributed by atoms with Crippen LogP contribution in [0.1, 0.15) is 5.56 Å². The molecule has 18 heavy (non-hydrogen) atoms. The standard InChI is InChI=1S/C13H9O4P/c1-8-10(9-5-3-2-4-6-9)7-11-13-12(8)16-18(14,15-11)17-13/h2-7H,1H3. The van der Waals surface area contributed by atoms with Gasteiger partial charge in [0.2, 0.25) is 5.75 Å². The third-order valence-corrected chi connectivity index (χ3v) is 4.38. The van der Waals surface area contributed by atoms with Crippen LogP contribution in [0.3, 0.4) is 0 Å². The van der Waals surface area contributed by atoms with Crippen LogP contribution in [-0.2, 0) is 4.57 Å². The summed E-state index contributed by atoms with van der Waals surface area (Å²) in [6.07, 6.45) is 0. The summed E-state index contributed by atoms with van der Waals surface area (Å²) in [4.78, 5) is 0. The molecule has 2 aromatic carbocycles. The Morgan fingerprint density at radius 2 is 1.72 bits per heavy atom. The molecule has 2 aromatic rings. The number of rotatable bonds is 1. The van der Waals surface area contributed by atoms with E-state index in [0.717, 1.165) is 16.7 Å². The van der Waals surface area contributed by atoms with Crippen LogP contribution in [0.15, 0.2) is 36.4 Å². The summed E-state index contributed by atoms with van der Waals surface area (Å²) in [5.41, 5.74) is 2.98. The first-order chi connectivity index (χ1) is 8.66. The van der Waals surface area contributed by atoms with Crippen molar-refractivity contribution in [3.8, 4) is 28.4 Å². The van der Waals surface area contributed by atoms with E-state index in [1.54, 1.807) is 0 Å². The van der Waals surface area contributed by atoms with Gasteiger partial charge in [-0.3, -0.25) is 0 Å². The zero-order valence-electron chi connectivity index (χ0n) is 9.54. The molecule has 4 nitrogen and oxygen atoms in total. The fourth-order valence-electron chi connectivity index (χ4n) is 2.29. The van der Waals surface area contributed by atoms with Crippen molar-refractivity contribution < 1.29 is 18.1 Å². The SMILES string of the molecule is Cc1c(-c2ccccc2)cc2c3c1OP(=O)(O2)O3. The van der Waals surface area contributed by atoms with Crippen molar-refractivity contribution in [2.24, 2.45) is 0 Å². The van der Waals surface area contributed by atoms with Crippen LogP contribution < -0.4 is 13.6 Å². The first-order valence-corrected chi connectivity index (χ1v) is 7.04. The molecule has 2 bridgehead atoms. The van der Waals surface area contributed by atoms with Gasteiger partial charge in [0, 0.05) is 5.56 Å². The Morgan fingerprint density at radius 3 is 2.44 bits per heavy atom. The predicted octanol–water partition coefficient (Wildman–Crippen LogP) is 3.93. The molecule has 90 valence electrons. The van der Waals surface area contributed by atoms with Gasteiger partial charge in [0.05, 0.1) is 0 Å². The molecule has 1 atom stereocenters. The Bertz CT molecular complexity index is 709. The molecule has 1 unspecified atom stereocenters. The van der Waals surface area contributed by atoms with Gasteiger partial charge >= 0.3 is 7.82 Å². The van der Waals surface area contributed by atoms with E-state index in [2.05, 4.69) is 0 Å². The highest BCUT2D eigenvalue weighted by atomic mass is 31.2. The highest BCUT2D eigenvalue weighted by molar-refractivity contribution is 7.50. The van der Waals surface area contributed by atoms with Gasteiger partial charge in [-0.15, -0.1) is 0 Å². The number of phosphoric ester groups is 1. The van der Waals surface area contributed by atoms with E-state index in [9.17, 15) is 4.57 Å². The summed E-state index contributed by atoms with van der Waals surface area (Å²) in [6.45, 7) is 1.93. The van der Waals surface area contributed by atoms with Crippen molar-refractivity contribution in [2.45, 2.75) is 6.92 Å². The Kier molecular flexibility index (Phi) is 1.72. The van der Waals surface area contributed by atoms with Crippen LogP contribution >= 0.6 is 7.82 Å². The molecule has 0 radical (unpaired) electrons. The molecule has 2 aliphatic rings. The van der Waals surface area contributed by atoms with Crippen molar-refractivity contribution in [1.29, 1.82) is 0 Å². The summed E-state index contributed by atoms with van der Waals surface area (Å²) < 4.78 is 27.5. The fraction of sp³-hybridized carbons (Fsp3) is 0.0769. The lowest BCUT2D eigenvalue weighted by atomic mass is 9.99. The first-order valence-electron chi connectivity index (χ1n) is 5.58. The molecule has 4 rings (SSSR count). The van der Waals surface area contributed by atoms with E-state index in [4.69, 9.17) is 13.6 Å². The second kappa shape index (κ2) is 3.09. The summed E-state index contributed by atoms with van der Waals surface area (Å²) in [7, 11) is -3.39. The lowest BCUT2D eigenvalue weighted by Gasteiger charge is -2.15. The largest absolute Gasteiger partial charge is 0.647 e. The van der Waals surface area contributed by atoms with Gasteiger partial charge < -0.3 is 13.6 Å². The molecule has 0 N–H and O–H groups in total. The Labute approximate surface area is 104 Å². The quantitative estimate of drug-likeness (QED) is 0.728. The zero-order valence-corrected chi connectivity index (χ0v) is 10.4. The maximum absolute atomic E-state index is 11.9. The maximum atomic E-state index is 11.9. The van der Waals surface area contributed by atoms with Gasteiger partial charge in [-0.2, -0.15) is 4.57 Å². The van der Waals surface area contributed by atoms with E-state index in [1.165, 1.54) is 0 Å². The van der Waals surface area contributed by atoms with E-state index in [0.29, 0.717) is 17.2 Å². The number of benzene rings is 2. The molecule has 0 spiro atoms. The van der Waals surface area contributed by atoms with Crippen molar-refractivity contribution in [3.63, 3.8) is 0 Å². The molecule has 2 heterocycles. The van der Waals surface area contributed by atoms with Crippen LogP contribution in [0.4, 0.5) is 0 Å². The van der Waals surface area contributed by atoms with Gasteiger partial charge in [-0.05, 0) is 24.1 Å². The topological polar surface area (TPSA) is 44.8 Å². The first kappa shape index (κ1) is 10.0. The van der Waals surface area contributed by atoms with E-state index in [-0.39, 0.29) is 0 Å². The normalized spacial score (nSPS) is 22.3. The van der Waals surface area contributed by atoms with Gasteiger partial charge in [-0.1, -0.05) is 30.3 Å². The Hall–Kier alpha value is -1.93. The van der Waals surface area contributed by atoms with Crippen LogP contribution in [0.2, 0.25) is 0 Å². The molecular weight excluding hydrogens is 251 g/mol. The van der Waals surface area contributed by atoms with Gasteiger partial charge in [-0.25, -0.2) is 0 Å². The van der Waals surface area contributed by atoms with E-state index in [1.807, 2.05) is 43.3 Å². The molecular formula is C13H9O4P. The Morgan fingerprint density at radius 1 is 1.00 bits per heavy atom. The van der Waals surface area contributed by atoms with Crippen LogP contribution in [0, 0.1) is 6.92 Å². The smallest absolute Gasteiger partial charge is 0.382 e. The second-order valence-electron chi connectivity index (χ2n) is 4.29. The minimum atomic E-state index is -3.39. The summed E-state index contributed by atoms with van der Waals surface area (Å²) in [6, 6.07) is 11.8. The van der Waals surface area contributed by atoms with Crippen molar-refractivity contribution in [3.05, 3.63) is 42.0 Å². The molecule has 5 heteroatoms. The summed E-state index contributed by atoms with van der Waals surface area (Å²) in [5, 5.41) is 0. The number of phosphoric acid groups is 1. The molecule has 0 aliphatic carbocycles. The number of fused-ring (bicyclic) bond motifs is 1. The van der Waals surface area contributed by atoms with Crippen molar-refractivity contribution in [1.82, 2.24) is 0 Å². The third kappa shape index (κ3) is 1.18. The minimum Gasteiger partial charge on any atom is -0.382 e. The highest BCUT2D eigenvalue weighted by Gasteiger charge is 2.51. The van der Waals surface area contributed by atoms with Crippen molar-refractivity contribution >= 4 is 7.82 Å². The summed E-state index contributed by atoms with van der Waals surface area (Å²) in [5.74, 6) is 1.51. The zero-order chi connectivity index (χ0) is 12.3. The summed E-state index contributed by atoms with van der Waals surface area (Å²) >= 11 is 0. The Balaban J connectivity index is 1.98. The third-order valence-electron chi connectivity index (χ3n) is 3.15. The van der Waals surface area contributed by atoms with Crippen LogP contribution in [0.5, 0.6) is 17.2 Å². The number of hydrogen-bond acceptors (Lipinski definition) is 4. The van der Waals surface area contributed by atoms with E-state index < -0.39 is 7.82 Å². The lowest BCUT2D eigenvalue weighted by Crippen LogP contribution is -1.99. The number of hydrogen-bond donors (Lipinski definition) is 0. The van der Waals surface area contributed by atoms with Gasteiger partial charge in [0.15, 0.2) is 11.5 Å². The average Bonchev–Trinajstić information content (AvgIpc) is 2.88. The molecule has 2 aliphatic heterocycles. The lowest BCUT2D eigenvalue weighted by molar-refractivity contribution is 0.353. The second-order valence-corrected chi connectivity index (χ2v) is 5.73. The average molecular weight is 260 g/mol.